The molecule has 0 aliphatic rings. The van der Waals surface area contributed by atoms with Crippen LogP contribution in [0.25, 0.3) is 11.0 Å². The zero-order valence-electron chi connectivity index (χ0n) is 10.6. The molecule has 18 heavy (non-hydrogen) atoms. The van der Waals surface area contributed by atoms with Crippen LogP contribution in [0.5, 0.6) is 0 Å². The normalized spacial score (nSPS) is 13.1. The van der Waals surface area contributed by atoms with Crippen molar-refractivity contribution in [3.05, 3.63) is 35.6 Å². The van der Waals surface area contributed by atoms with Crippen LogP contribution >= 0.6 is 0 Å². The molecule has 0 amide bonds. The van der Waals surface area contributed by atoms with Crippen LogP contribution in [0, 0.1) is 11.6 Å². The number of hydrogen-bond acceptors (Lipinski definition) is 2. The number of rotatable bonds is 5. The maximum atomic E-state index is 13.6. The molecule has 4 heteroatoms. The van der Waals surface area contributed by atoms with Gasteiger partial charge < -0.3 is 9.73 Å². The number of fused-ring (bicyclic) bond motifs is 1. The lowest BCUT2D eigenvalue weighted by molar-refractivity contribution is 0.409. The summed E-state index contributed by atoms with van der Waals surface area (Å²) in [6.45, 7) is 4.84. The molecule has 98 valence electrons. The zero-order valence-corrected chi connectivity index (χ0v) is 10.6. The number of halogens is 2. The van der Waals surface area contributed by atoms with E-state index in [1.54, 1.807) is 6.07 Å². The van der Waals surface area contributed by atoms with Crippen LogP contribution in [0.15, 0.2) is 22.6 Å². The summed E-state index contributed by atoms with van der Waals surface area (Å²) in [4.78, 5) is 0. The maximum Gasteiger partial charge on any atom is 0.172 e. The van der Waals surface area contributed by atoms with Crippen molar-refractivity contribution < 1.29 is 13.2 Å². The number of benzene rings is 1. The zero-order chi connectivity index (χ0) is 13.1. The molecule has 0 saturated carbocycles. The lowest BCUT2D eigenvalue weighted by Crippen LogP contribution is -2.20. The molecule has 1 aromatic carbocycles. The van der Waals surface area contributed by atoms with Gasteiger partial charge in [0.1, 0.15) is 11.6 Å². The number of furan rings is 1. The minimum atomic E-state index is -0.524. The van der Waals surface area contributed by atoms with Crippen molar-refractivity contribution in [2.75, 3.05) is 6.54 Å². The summed E-state index contributed by atoms with van der Waals surface area (Å²) in [6.07, 6.45) is 1.84. The minimum Gasteiger partial charge on any atom is -0.456 e. The van der Waals surface area contributed by atoms with Crippen LogP contribution in [0.2, 0.25) is 0 Å². The number of hydrogen-bond donors (Lipinski definition) is 1. The monoisotopic (exact) mass is 253 g/mol. The van der Waals surface area contributed by atoms with E-state index in [0.29, 0.717) is 5.76 Å². The molecule has 0 bridgehead atoms. The van der Waals surface area contributed by atoms with E-state index < -0.39 is 11.6 Å². The van der Waals surface area contributed by atoms with Crippen molar-refractivity contribution in [1.29, 1.82) is 0 Å². The summed E-state index contributed by atoms with van der Waals surface area (Å²) in [5.41, 5.74) is 0.00371. The molecule has 2 rings (SSSR count). The van der Waals surface area contributed by atoms with Crippen LogP contribution in [0.1, 0.15) is 38.5 Å². The Labute approximate surface area is 105 Å². The molecule has 1 N–H and O–H groups in total. The average Bonchev–Trinajstić information content (AvgIpc) is 2.80. The molecular weight excluding hydrogens is 236 g/mol. The molecule has 1 heterocycles. The first-order valence-corrected chi connectivity index (χ1v) is 6.28. The molecule has 0 radical (unpaired) electrons. The van der Waals surface area contributed by atoms with Crippen LogP contribution in [0.3, 0.4) is 0 Å². The minimum absolute atomic E-state index is 0.00371. The molecule has 0 fully saturated rings. The second-order valence-electron chi connectivity index (χ2n) is 4.32. The van der Waals surface area contributed by atoms with E-state index in [1.165, 1.54) is 0 Å². The molecular formula is C14H17F2NO. The van der Waals surface area contributed by atoms with Gasteiger partial charge in [0.15, 0.2) is 11.4 Å². The van der Waals surface area contributed by atoms with Gasteiger partial charge in [-0.3, -0.25) is 0 Å². The average molecular weight is 253 g/mol. The van der Waals surface area contributed by atoms with E-state index in [4.69, 9.17) is 4.42 Å². The first-order valence-electron chi connectivity index (χ1n) is 6.28. The molecule has 1 unspecified atom stereocenters. The third-order valence-electron chi connectivity index (χ3n) is 2.97. The molecule has 2 aromatic rings. The number of nitrogens with one attached hydrogen (secondary N) is 1. The Balaban J connectivity index is 2.44. The van der Waals surface area contributed by atoms with Crippen LogP contribution in [0.4, 0.5) is 8.78 Å². The summed E-state index contributed by atoms with van der Waals surface area (Å²) in [7, 11) is 0. The predicted octanol–water partition coefficient (Wildman–Crippen LogP) is 4.16. The van der Waals surface area contributed by atoms with Crippen LogP contribution in [-0.2, 0) is 0 Å². The topological polar surface area (TPSA) is 25.2 Å². The van der Waals surface area contributed by atoms with Gasteiger partial charge in [-0.1, -0.05) is 20.3 Å². The van der Waals surface area contributed by atoms with Crippen molar-refractivity contribution in [3.8, 4) is 0 Å². The van der Waals surface area contributed by atoms with Gasteiger partial charge in [-0.2, -0.15) is 0 Å². The quantitative estimate of drug-likeness (QED) is 0.865. The van der Waals surface area contributed by atoms with Crippen LogP contribution in [-0.4, -0.2) is 6.54 Å². The van der Waals surface area contributed by atoms with Crippen molar-refractivity contribution in [2.45, 2.75) is 32.7 Å². The van der Waals surface area contributed by atoms with E-state index in [1.807, 2.05) is 6.92 Å². The molecule has 1 atom stereocenters. The lowest BCUT2D eigenvalue weighted by Gasteiger charge is -2.13. The Kier molecular flexibility index (Phi) is 3.97. The highest BCUT2D eigenvalue weighted by atomic mass is 19.1. The van der Waals surface area contributed by atoms with Gasteiger partial charge in [-0.05, 0) is 31.2 Å². The molecule has 0 aliphatic heterocycles. The van der Waals surface area contributed by atoms with Gasteiger partial charge in [-0.15, -0.1) is 0 Å². The second-order valence-corrected chi connectivity index (χ2v) is 4.32. The lowest BCUT2D eigenvalue weighted by atomic mass is 10.1. The van der Waals surface area contributed by atoms with Gasteiger partial charge >= 0.3 is 0 Å². The Morgan fingerprint density at radius 1 is 1.22 bits per heavy atom. The Morgan fingerprint density at radius 3 is 2.56 bits per heavy atom. The van der Waals surface area contributed by atoms with Crippen molar-refractivity contribution >= 4 is 11.0 Å². The third-order valence-corrected chi connectivity index (χ3v) is 2.97. The molecule has 1 aromatic heterocycles. The summed E-state index contributed by atoms with van der Waals surface area (Å²) < 4.78 is 32.6. The maximum absolute atomic E-state index is 13.6. The third kappa shape index (κ3) is 2.38. The summed E-state index contributed by atoms with van der Waals surface area (Å²) in [5, 5.41) is 3.47. The van der Waals surface area contributed by atoms with Gasteiger partial charge in [0.25, 0.3) is 0 Å². The standard InChI is InChI=1S/C14H17F2NO/c1-3-5-12(17-4-2)13-8-9-10(15)6-7-11(16)14(9)18-13/h6-8,12,17H,3-5H2,1-2H3. The molecule has 0 saturated heterocycles. The summed E-state index contributed by atoms with van der Waals surface area (Å²) >= 11 is 0. The van der Waals surface area contributed by atoms with Gasteiger partial charge in [0, 0.05) is 0 Å². The van der Waals surface area contributed by atoms with Gasteiger partial charge in [0.2, 0.25) is 0 Å². The molecule has 0 aliphatic carbocycles. The van der Waals surface area contributed by atoms with Crippen molar-refractivity contribution in [2.24, 2.45) is 0 Å². The highest BCUT2D eigenvalue weighted by Gasteiger charge is 2.18. The van der Waals surface area contributed by atoms with Crippen molar-refractivity contribution in [3.63, 3.8) is 0 Å². The van der Waals surface area contributed by atoms with Crippen LogP contribution < -0.4 is 5.32 Å². The summed E-state index contributed by atoms with van der Waals surface area (Å²) in [6, 6.07) is 3.81. The fraction of sp³-hybridized carbons (Fsp3) is 0.429. The first-order chi connectivity index (χ1) is 8.67. The second kappa shape index (κ2) is 5.48. The molecule has 2 nitrogen and oxygen atoms in total. The van der Waals surface area contributed by atoms with Gasteiger partial charge in [-0.25, -0.2) is 8.78 Å². The SMILES string of the molecule is CCCC(NCC)c1cc2c(F)ccc(F)c2o1. The predicted molar refractivity (Wildman–Crippen MR) is 67.5 cm³/mol. The Hall–Kier alpha value is -1.42. The highest BCUT2D eigenvalue weighted by Crippen LogP contribution is 2.29. The van der Waals surface area contributed by atoms with E-state index in [-0.39, 0.29) is 17.0 Å². The first kappa shape index (κ1) is 13.0. The van der Waals surface area contributed by atoms with Crippen molar-refractivity contribution in [1.82, 2.24) is 5.32 Å². The van der Waals surface area contributed by atoms with E-state index >= 15 is 0 Å². The van der Waals surface area contributed by atoms with E-state index in [2.05, 4.69) is 12.2 Å². The Bertz CT molecular complexity index is 491. The van der Waals surface area contributed by atoms with E-state index in [0.717, 1.165) is 31.5 Å². The molecule has 0 spiro atoms. The summed E-state index contributed by atoms with van der Waals surface area (Å²) in [5.74, 6) is -0.379. The highest BCUT2D eigenvalue weighted by molar-refractivity contribution is 5.79. The smallest absolute Gasteiger partial charge is 0.172 e. The Morgan fingerprint density at radius 2 is 1.94 bits per heavy atom. The fourth-order valence-electron chi connectivity index (χ4n) is 2.13. The fourth-order valence-corrected chi connectivity index (χ4v) is 2.13. The van der Waals surface area contributed by atoms with Gasteiger partial charge in [0.05, 0.1) is 11.4 Å². The largest absolute Gasteiger partial charge is 0.456 e. The van der Waals surface area contributed by atoms with E-state index in [9.17, 15) is 8.78 Å².